The summed E-state index contributed by atoms with van der Waals surface area (Å²) in [6.45, 7) is 2.07. The Bertz CT molecular complexity index is 671. The Labute approximate surface area is 129 Å². The normalized spacial score (nSPS) is 17.3. The van der Waals surface area contributed by atoms with Gasteiger partial charge in [-0.25, -0.2) is 0 Å². The van der Waals surface area contributed by atoms with Gasteiger partial charge in [0.05, 0.1) is 0 Å². The van der Waals surface area contributed by atoms with E-state index in [-0.39, 0.29) is 11.9 Å². The van der Waals surface area contributed by atoms with Gasteiger partial charge in [0.15, 0.2) is 0 Å². The highest BCUT2D eigenvalue weighted by molar-refractivity contribution is 6.31. The van der Waals surface area contributed by atoms with E-state index in [0.29, 0.717) is 10.7 Å². The van der Waals surface area contributed by atoms with Gasteiger partial charge in [-0.3, -0.25) is 4.79 Å². The predicted molar refractivity (Wildman–Crippen MR) is 85.9 cm³/mol. The first-order valence-electron chi connectivity index (χ1n) is 7.29. The van der Waals surface area contributed by atoms with Gasteiger partial charge in [0, 0.05) is 29.0 Å². The minimum absolute atomic E-state index is 0.000578. The Morgan fingerprint density at radius 3 is 2.67 bits per heavy atom. The zero-order valence-corrected chi connectivity index (χ0v) is 13.2. The van der Waals surface area contributed by atoms with Crippen molar-refractivity contribution in [2.75, 3.05) is 20.1 Å². The van der Waals surface area contributed by atoms with Gasteiger partial charge < -0.3 is 14.8 Å². The zero-order valence-electron chi connectivity index (χ0n) is 12.4. The van der Waals surface area contributed by atoms with Gasteiger partial charge in [-0.2, -0.15) is 0 Å². The number of carbonyl (C=O) groups excluding carboxylic acids is 1. The van der Waals surface area contributed by atoms with E-state index in [1.54, 1.807) is 0 Å². The van der Waals surface area contributed by atoms with Crippen molar-refractivity contribution in [2.24, 2.45) is 7.05 Å². The number of likely N-dealkylation sites (tertiary alicyclic amines) is 1. The summed E-state index contributed by atoms with van der Waals surface area (Å²) >= 11 is 6.03. The number of piperidine rings is 1. The number of hydrogen-bond donors (Lipinski definition) is 1. The van der Waals surface area contributed by atoms with Gasteiger partial charge in [-0.05, 0) is 51.2 Å². The third-order valence-electron chi connectivity index (χ3n) is 4.29. The molecule has 1 aliphatic rings. The quantitative estimate of drug-likeness (QED) is 0.926. The lowest BCUT2D eigenvalue weighted by Crippen LogP contribution is -2.43. The van der Waals surface area contributed by atoms with E-state index >= 15 is 0 Å². The van der Waals surface area contributed by atoms with Crippen molar-refractivity contribution in [3.05, 3.63) is 35.0 Å². The molecule has 2 aromatic rings. The fraction of sp³-hybridized carbons (Fsp3) is 0.438. The zero-order chi connectivity index (χ0) is 15.0. The van der Waals surface area contributed by atoms with Crippen LogP contribution in [0, 0.1) is 0 Å². The summed E-state index contributed by atoms with van der Waals surface area (Å²) in [5, 5.41) is 4.88. The van der Waals surface area contributed by atoms with E-state index in [9.17, 15) is 4.79 Å². The second kappa shape index (κ2) is 5.70. The Kier molecular flexibility index (Phi) is 3.91. The lowest BCUT2D eigenvalue weighted by atomic mass is 10.1. The molecule has 112 valence electrons. The first-order chi connectivity index (χ1) is 10.0. The average Bonchev–Trinajstić information content (AvgIpc) is 2.79. The molecule has 3 rings (SSSR count). The molecule has 0 unspecified atom stereocenters. The molecule has 0 spiro atoms. The van der Waals surface area contributed by atoms with Crippen molar-refractivity contribution in [2.45, 2.75) is 18.9 Å². The SMILES string of the molecule is CN1CCC(NC(=O)c2cc3ccc(Cl)cc3n2C)CC1. The summed E-state index contributed by atoms with van der Waals surface area (Å²) in [7, 11) is 4.02. The van der Waals surface area contributed by atoms with Gasteiger partial charge in [-0.1, -0.05) is 17.7 Å². The number of rotatable bonds is 2. The largest absolute Gasteiger partial charge is 0.348 e. The van der Waals surface area contributed by atoms with Crippen LogP contribution in [0.1, 0.15) is 23.3 Å². The van der Waals surface area contributed by atoms with Crippen LogP contribution in [0.15, 0.2) is 24.3 Å². The monoisotopic (exact) mass is 305 g/mol. The number of hydrogen-bond acceptors (Lipinski definition) is 2. The summed E-state index contributed by atoms with van der Waals surface area (Å²) in [4.78, 5) is 14.8. The molecule has 1 saturated heterocycles. The molecule has 1 N–H and O–H groups in total. The Morgan fingerprint density at radius 2 is 1.95 bits per heavy atom. The lowest BCUT2D eigenvalue weighted by Gasteiger charge is -2.29. The standard InChI is InChI=1S/C16H20ClN3O/c1-19-7-5-13(6-8-19)18-16(21)15-9-11-3-4-12(17)10-14(11)20(15)2/h3-4,9-10,13H,5-8H2,1-2H3,(H,18,21). The van der Waals surface area contributed by atoms with Crippen molar-refractivity contribution in [1.29, 1.82) is 0 Å². The van der Waals surface area contributed by atoms with Crippen LogP contribution >= 0.6 is 11.6 Å². The Hall–Kier alpha value is -1.52. The average molecular weight is 306 g/mol. The first kappa shape index (κ1) is 14.4. The third-order valence-corrected chi connectivity index (χ3v) is 4.53. The van der Waals surface area contributed by atoms with Gasteiger partial charge in [0.2, 0.25) is 0 Å². The minimum atomic E-state index is -0.000578. The summed E-state index contributed by atoms with van der Waals surface area (Å²) in [5.41, 5.74) is 1.67. The second-order valence-corrected chi connectivity index (χ2v) is 6.28. The van der Waals surface area contributed by atoms with Crippen LogP contribution in [-0.4, -0.2) is 41.6 Å². The highest BCUT2D eigenvalue weighted by Crippen LogP contribution is 2.23. The first-order valence-corrected chi connectivity index (χ1v) is 7.67. The number of amides is 1. The summed E-state index contributed by atoms with van der Waals surface area (Å²) in [5.74, 6) is -0.000578. The smallest absolute Gasteiger partial charge is 0.268 e. The van der Waals surface area contributed by atoms with Crippen LogP contribution in [0.2, 0.25) is 5.02 Å². The fourth-order valence-electron chi connectivity index (χ4n) is 2.93. The molecular weight excluding hydrogens is 286 g/mol. The molecule has 1 aromatic heterocycles. The maximum Gasteiger partial charge on any atom is 0.268 e. The van der Waals surface area contributed by atoms with E-state index in [1.165, 1.54) is 0 Å². The van der Waals surface area contributed by atoms with Crippen LogP contribution < -0.4 is 5.32 Å². The number of aromatic nitrogens is 1. The molecular formula is C16H20ClN3O. The van der Waals surface area contributed by atoms with Gasteiger partial charge in [0.25, 0.3) is 5.91 Å². The van der Waals surface area contributed by atoms with Crippen molar-refractivity contribution in [3.8, 4) is 0 Å². The van der Waals surface area contributed by atoms with Crippen molar-refractivity contribution in [3.63, 3.8) is 0 Å². The van der Waals surface area contributed by atoms with Crippen LogP contribution in [0.25, 0.3) is 10.9 Å². The fourth-order valence-corrected chi connectivity index (χ4v) is 3.10. The van der Waals surface area contributed by atoms with Crippen LogP contribution in [0.5, 0.6) is 0 Å². The van der Waals surface area contributed by atoms with Gasteiger partial charge in [-0.15, -0.1) is 0 Å². The van der Waals surface area contributed by atoms with Crippen LogP contribution in [0.3, 0.4) is 0 Å². The Balaban J connectivity index is 1.80. The van der Waals surface area contributed by atoms with Gasteiger partial charge >= 0.3 is 0 Å². The lowest BCUT2D eigenvalue weighted by molar-refractivity contribution is 0.0909. The maximum atomic E-state index is 12.5. The molecule has 1 aromatic carbocycles. The molecule has 5 heteroatoms. The molecule has 0 bridgehead atoms. The molecule has 1 fully saturated rings. The van der Waals surface area contributed by atoms with Crippen molar-refractivity contribution >= 4 is 28.4 Å². The number of fused-ring (bicyclic) bond motifs is 1. The number of carbonyl (C=O) groups is 1. The van der Waals surface area contributed by atoms with Gasteiger partial charge in [0.1, 0.15) is 5.69 Å². The van der Waals surface area contributed by atoms with Crippen molar-refractivity contribution in [1.82, 2.24) is 14.8 Å². The molecule has 21 heavy (non-hydrogen) atoms. The van der Waals surface area contributed by atoms with E-state index in [4.69, 9.17) is 11.6 Å². The highest BCUT2D eigenvalue weighted by atomic mass is 35.5. The molecule has 0 radical (unpaired) electrons. The summed E-state index contributed by atoms with van der Waals surface area (Å²) in [6, 6.07) is 7.89. The van der Waals surface area contributed by atoms with Crippen LogP contribution in [0.4, 0.5) is 0 Å². The summed E-state index contributed by atoms with van der Waals surface area (Å²) < 4.78 is 1.91. The highest BCUT2D eigenvalue weighted by Gasteiger charge is 2.21. The Morgan fingerprint density at radius 1 is 1.24 bits per heavy atom. The molecule has 0 saturated carbocycles. The van der Waals surface area contributed by atoms with E-state index in [2.05, 4.69) is 17.3 Å². The second-order valence-electron chi connectivity index (χ2n) is 5.84. The summed E-state index contributed by atoms with van der Waals surface area (Å²) in [6.07, 6.45) is 2.02. The number of nitrogens with one attached hydrogen (secondary N) is 1. The molecule has 2 heterocycles. The maximum absolute atomic E-state index is 12.5. The van der Waals surface area contributed by atoms with E-state index in [1.807, 2.05) is 35.9 Å². The molecule has 4 nitrogen and oxygen atoms in total. The van der Waals surface area contributed by atoms with Crippen molar-refractivity contribution < 1.29 is 4.79 Å². The number of benzene rings is 1. The molecule has 1 aliphatic heterocycles. The minimum Gasteiger partial charge on any atom is -0.348 e. The molecule has 0 atom stereocenters. The topological polar surface area (TPSA) is 37.3 Å². The molecule has 0 aliphatic carbocycles. The number of nitrogens with zero attached hydrogens (tertiary/aromatic N) is 2. The van der Waals surface area contributed by atoms with E-state index < -0.39 is 0 Å². The van der Waals surface area contributed by atoms with Crippen LogP contribution in [-0.2, 0) is 7.05 Å². The third kappa shape index (κ3) is 2.92. The number of aryl methyl sites for hydroxylation is 1. The number of halogens is 1. The predicted octanol–water partition coefficient (Wildman–Crippen LogP) is 2.66. The molecule has 1 amide bonds. The van der Waals surface area contributed by atoms with E-state index in [0.717, 1.165) is 36.8 Å².